The Balaban J connectivity index is 2.17. The van der Waals surface area contributed by atoms with Gasteiger partial charge in [0.05, 0.1) is 10.6 Å². The molecule has 8 heteroatoms. The van der Waals surface area contributed by atoms with Crippen molar-refractivity contribution in [3.63, 3.8) is 0 Å². The number of sulfone groups is 1. The van der Waals surface area contributed by atoms with E-state index in [1.807, 2.05) is 13.8 Å². The van der Waals surface area contributed by atoms with E-state index in [-0.39, 0.29) is 21.9 Å². The lowest BCUT2D eigenvalue weighted by Gasteiger charge is -2.04. The minimum Gasteiger partial charge on any atom is -0.305 e. The van der Waals surface area contributed by atoms with E-state index < -0.39 is 9.84 Å². The first-order valence-corrected chi connectivity index (χ1v) is 8.95. The molecule has 120 valence electrons. The summed E-state index contributed by atoms with van der Waals surface area (Å²) in [5.41, 5.74) is 1.89. The van der Waals surface area contributed by atoms with Crippen LogP contribution in [0, 0.1) is 0 Å². The minimum atomic E-state index is -3.26. The number of benzene rings is 1. The van der Waals surface area contributed by atoms with Gasteiger partial charge in [0.1, 0.15) is 11.3 Å². The van der Waals surface area contributed by atoms with Crippen molar-refractivity contribution in [1.82, 2.24) is 20.2 Å². The Morgan fingerprint density at radius 1 is 1.09 bits per heavy atom. The molecule has 23 heavy (non-hydrogen) atoms. The molecule has 2 N–H and O–H groups in total. The molecule has 0 spiro atoms. The Hall–Kier alpha value is -2.48. The molecule has 0 saturated heterocycles. The molecule has 3 rings (SSSR count). The first-order valence-electron chi connectivity index (χ1n) is 7.06. The number of H-pyrrole nitrogens is 2. The summed E-state index contributed by atoms with van der Waals surface area (Å²) in [5.74, 6) is 0.528. The van der Waals surface area contributed by atoms with E-state index in [1.165, 1.54) is 12.1 Å². The molecule has 0 radical (unpaired) electrons. The molecule has 0 saturated carbocycles. The SMILES string of the molecule is CC(C)c1[nH]nc2c(=O)[nH]c(-c3ccc(S(C)(=O)=O)cc3)nc12. The van der Waals surface area contributed by atoms with Crippen molar-refractivity contribution in [3.8, 4) is 11.4 Å². The molecule has 2 heterocycles. The van der Waals surface area contributed by atoms with E-state index in [4.69, 9.17) is 0 Å². The fraction of sp³-hybridized carbons (Fsp3) is 0.267. The third-order valence-electron chi connectivity index (χ3n) is 3.57. The van der Waals surface area contributed by atoms with Crippen LogP contribution >= 0.6 is 0 Å². The van der Waals surface area contributed by atoms with E-state index >= 15 is 0 Å². The number of aromatic amines is 2. The normalized spacial score (nSPS) is 12.2. The average Bonchev–Trinajstić information content (AvgIpc) is 2.91. The third-order valence-corrected chi connectivity index (χ3v) is 4.70. The van der Waals surface area contributed by atoms with Gasteiger partial charge in [0.25, 0.3) is 5.56 Å². The van der Waals surface area contributed by atoms with Crippen molar-refractivity contribution in [3.05, 3.63) is 40.3 Å². The van der Waals surface area contributed by atoms with Gasteiger partial charge in [0, 0.05) is 11.8 Å². The van der Waals surface area contributed by atoms with E-state index in [1.54, 1.807) is 12.1 Å². The predicted octanol–water partition coefficient (Wildman–Crippen LogP) is 1.84. The Labute approximate surface area is 132 Å². The molecule has 0 bridgehead atoms. The lowest BCUT2D eigenvalue weighted by atomic mass is 10.1. The Kier molecular flexibility index (Phi) is 3.56. The molecule has 1 aromatic carbocycles. The van der Waals surface area contributed by atoms with E-state index in [0.29, 0.717) is 16.9 Å². The second kappa shape index (κ2) is 5.31. The fourth-order valence-corrected chi connectivity index (χ4v) is 2.96. The maximum Gasteiger partial charge on any atom is 0.279 e. The number of fused-ring (bicyclic) bond motifs is 1. The van der Waals surface area contributed by atoms with Crippen LogP contribution in [0.2, 0.25) is 0 Å². The van der Waals surface area contributed by atoms with Crippen LogP contribution < -0.4 is 5.56 Å². The molecule has 3 aromatic rings. The molecular weight excluding hydrogens is 316 g/mol. The van der Waals surface area contributed by atoms with Crippen LogP contribution in [0.4, 0.5) is 0 Å². The number of nitrogens with zero attached hydrogens (tertiary/aromatic N) is 2. The van der Waals surface area contributed by atoms with E-state index in [2.05, 4.69) is 20.2 Å². The van der Waals surface area contributed by atoms with E-state index in [0.717, 1.165) is 11.9 Å². The average molecular weight is 332 g/mol. The van der Waals surface area contributed by atoms with Gasteiger partial charge in [0.2, 0.25) is 0 Å². The fourth-order valence-electron chi connectivity index (χ4n) is 2.33. The van der Waals surface area contributed by atoms with Crippen LogP contribution in [0.25, 0.3) is 22.4 Å². The highest BCUT2D eigenvalue weighted by atomic mass is 32.2. The maximum absolute atomic E-state index is 12.2. The quantitative estimate of drug-likeness (QED) is 0.760. The summed E-state index contributed by atoms with van der Waals surface area (Å²) in [4.78, 5) is 19.5. The third kappa shape index (κ3) is 2.77. The Morgan fingerprint density at radius 2 is 1.74 bits per heavy atom. The van der Waals surface area contributed by atoms with Crippen LogP contribution in [-0.2, 0) is 9.84 Å². The van der Waals surface area contributed by atoms with Crippen LogP contribution in [0.15, 0.2) is 34.0 Å². The van der Waals surface area contributed by atoms with Gasteiger partial charge >= 0.3 is 0 Å². The van der Waals surface area contributed by atoms with Crippen LogP contribution in [0.1, 0.15) is 25.5 Å². The lowest BCUT2D eigenvalue weighted by Crippen LogP contribution is -2.09. The second-order valence-corrected chi connectivity index (χ2v) is 7.72. The zero-order valence-corrected chi connectivity index (χ0v) is 13.7. The summed E-state index contributed by atoms with van der Waals surface area (Å²) in [6, 6.07) is 6.23. The molecule has 0 fully saturated rings. The summed E-state index contributed by atoms with van der Waals surface area (Å²) >= 11 is 0. The Bertz CT molecular complexity index is 1030. The van der Waals surface area contributed by atoms with Crippen LogP contribution in [0.5, 0.6) is 0 Å². The van der Waals surface area contributed by atoms with Gasteiger partial charge < -0.3 is 4.98 Å². The minimum absolute atomic E-state index is 0.148. The number of nitrogens with one attached hydrogen (secondary N) is 2. The smallest absolute Gasteiger partial charge is 0.279 e. The van der Waals surface area contributed by atoms with Gasteiger partial charge in [-0.05, 0) is 30.2 Å². The van der Waals surface area contributed by atoms with Crippen molar-refractivity contribution >= 4 is 20.9 Å². The van der Waals surface area contributed by atoms with Crippen LogP contribution in [0.3, 0.4) is 0 Å². The van der Waals surface area contributed by atoms with Gasteiger partial charge in [0.15, 0.2) is 15.4 Å². The largest absolute Gasteiger partial charge is 0.305 e. The molecule has 0 aliphatic carbocycles. The van der Waals surface area contributed by atoms with Crippen LogP contribution in [-0.4, -0.2) is 34.8 Å². The molecule has 0 atom stereocenters. The number of rotatable bonds is 3. The molecule has 7 nitrogen and oxygen atoms in total. The van der Waals surface area contributed by atoms with E-state index in [9.17, 15) is 13.2 Å². The standard InChI is InChI=1S/C15H16N4O3S/c1-8(2)11-12-13(19-18-11)15(20)17-14(16-12)9-4-6-10(7-5-9)23(3,21)22/h4-8H,1-3H3,(H,18,19)(H,16,17,20). The summed E-state index contributed by atoms with van der Waals surface area (Å²) in [5, 5.41) is 6.86. The number of hydrogen-bond acceptors (Lipinski definition) is 5. The molecule has 0 unspecified atom stereocenters. The molecular formula is C15H16N4O3S. The summed E-state index contributed by atoms with van der Waals surface area (Å²) < 4.78 is 23.0. The topological polar surface area (TPSA) is 109 Å². The van der Waals surface area contributed by atoms with Gasteiger partial charge in [-0.2, -0.15) is 5.10 Å². The predicted molar refractivity (Wildman–Crippen MR) is 87.1 cm³/mol. The highest BCUT2D eigenvalue weighted by molar-refractivity contribution is 7.90. The first-order chi connectivity index (χ1) is 10.8. The molecule has 2 aromatic heterocycles. The second-order valence-electron chi connectivity index (χ2n) is 5.70. The van der Waals surface area contributed by atoms with Crippen molar-refractivity contribution in [2.75, 3.05) is 6.26 Å². The van der Waals surface area contributed by atoms with Gasteiger partial charge in [-0.15, -0.1) is 0 Å². The molecule has 0 amide bonds. The summed E-state index contributed by atoms with van der Waals surface area (Å²) in [7, 11) is -3.26. The number of aromatic nitrogens is 4. The monoisotopic (exact) mass is 332 g/mol. The van der Waals surface area contributed by atoms with Crippen molar-refractivity contribution < 1.29 is 8.42 Å². The zero-order valence-electron chi connectivity index (χ0n) is 12.9. The Morgan fingerprint density at radius 3 is 2.30 bits per heavy atom. The van der Waals surface area contributed by atoms with Gasteiger partial charge in [-0.25, -0.2) is 13.4 Å². The zero-order chi connectivity index (χ0) is 16.8. The first kappa shape index (κ1) is 15.4. The van der Waals surface area contributed by atoms with Crippen molar-refractivity contribution in [2.45, 2.75) is 24.7 Å². The highest BCUT2D eigenvalue weighted by Gasteiger charge is 2.15. The highest BCUT2D eigenvalue weighted by Crippen LogP contribution is 2.22. The molecule has 0 aliphatic heterocycles. The van der Waals surface area contributed by atoms with Gasteiger partial charge in [-0.3, -0.25) is 9.89 Å². The lowest BCUT2D eigenvalue weighted by molar-refractivity contribution is 0.602. The summed E-state index contributed by atoms with van der Waals surface area (Å²) in [6.45, 7) is 3.97. The summed E-state index contributed by atoms with van der Waals surface area (Å²) in [6.07, 6.45) is 1.15. The maximum atomic E-state index is 12.2. The van der Waals surface area contributed by atoms with Crippen molar-refractivity contribution in [2.24, 2.45) is 0 Å². The van der Waals surface area contributed by atoms with Gasteiger partial charge in [-0.1, -0.05) is 13.8 Å². The van der Waals surface area contributed by atoms with Crippen molar-refractivity contribution in [1.29, 1.82) is 0 Å². The molecule has 0 aliphatic rings. The number of hydrogen-bond donors (Lipinski definition) is 2.